The maximum atomic E-state index is 11.3. The van der Waals surface area contributed by atoms with Crippen molar-refractivity contribution in [2.45, 2.75) is 46.1 Å². The van der Waals surface area contributed by atoms with E-state index in [0.29, 0.717) is 11.8 Å². The second-order valence-electron chi connectivity index (χ2n) is 7.01. The molecular formula is C18H28ClNO2. The summed E-state index contributed by atoms with van der Waals surface area (Å²) in [7, 11) is 0. The highest BCUT2D eigenvalue weighted by Gasteiger charge is 2.39. The van der Waals surface area contributed by atoms with Crippen LogP contribution in [-0.4, -0.2) is 17.6 Å². The molecule has 0 amide bonds. The SMILES string of the molecule is C[C@@H]1C[C@H](C)CC(CNCc2ccccc2)(CC(=O)O)C1.Cl. The average Bonchev–Trinajstić information content (AvgIpc) is 2.37. The quantitative estimate of drug-likeness (QED) is 0.827. The molecule has 2 N–H and O–H groups in total. The lowest BCUT2D eigenvalue weighted by Gasteiger charge is -2.42. The molecule has 1 fully saturated rings. The van der Waals surface area contributed by atoms with Crippen molar-refractivity contribution in [3.63, 3.8) is 0 Å². The number of carboxylic acid groups (broad SMARTS) is 1. The smallest absolute Gasteiger partial charge is 0.303 e. The van der Waals surface area contributed by atoms with Gasteiger partial charge in [0.2, 0.25) is 0 Å². The summed E-state index contributed by atoms with van der Waals surface area (Å²) in [4.78, 5) is 11.3. The summed E-state index contributed by atoms with van der Waals surface area (Å²) in [6.45, 7) is 6.11. The fourth-order valence-electron chi connectivity index (χ4n) is 4.16. The van der Waals surface area contributed by atoms with Gasteiger partial charge in [0.15, 0.2) is 0 Å². The number of benzene rings is 1. The van der Waals surface area contributed by atoms with Crippen LogP contribution in [0.3, 0.4) is 0 Å². The van der Waals surface area contributed by atoms with Crippen molar-refractivity contribution < 1.29 is 9.90 Å². The Morgan fingerprint density at radius 2 is 1.82 bits per heavy atom. The van der Waals surface area contributed by atoms with Crippen LogP contribution in [0.1, 0.15) is 45.1 Å². The Bertz CT molecular complexity index is 453. The van der Waals surface area contributed by atoms with Crippen molar-refractivity contribution >= 4 is 18.4 Å². The van der Waals surface area contributed by atoms with Crippen LogP contribution in [0.2, 0.25) is 0 Å². The molecule has 0 aliphatic heterocycles. The zero-order valence-corrected chi connectivity index (χ0v) is 14.4. The van der Waals surface area contributed by atoms with E-state index < -0.39 is 5.97 Å². The van der Waals surface area contributed by atoms with Crippen molar-refractivity contribution in [3.8, 4) is 0 Å². The minimum absolute atomic E-state index is 0. The first-order valence-corrected chi connectivity index (χ1v) is 7.95. The lowest BCUT2D eigenvalue weighted by Crippen LogP contribution is -2.41. The summed E-state index contributed by atoms with van der Waals surface area (Å²) in [5.41, 5.74) is 1.16. The molecule has 1 unspecified atom stereocenters. The Labute approximate surface area is 139 Å². The third kappa shape index (κ3) is 5.62. The molecule has 1 saturated carbocycles. The summed E-state index contributed by atoms with van der Waals surface area (Å²) >= 11 is 0. The lowest BCUT2D eigenvalue weighted by molar-refractivity contribution is -0.140. The molecule has 0 heterocycles. The standard InChI is InChI=1S/C18H27NO2.ClH/c1-14-8-15(2)10-18(9-14,11-17(20)21)13-19-12-16-6-4-3-5-7-16;/h3-7,14-15,19H,8-13H2,1-2H3,(H,20,21);1H/t14-,15+,18?;. The van der Waals surface area contributed by atoms with Crippen LogP contribution < -0.4 is 5.32 Å². The minimum Gasteiger partial charge on any atom is -0.481 e. The molecule has 1 aromatic carbocycles. The Morgan fingerprint density at radius 1 is 1.23 bits per heavy atom. The second-order valence-corrected chi connectivity index (χ2v) is 7.01. The van der Waals surface area contributed by atoms with Crippen molar-refractivity contribution in [1.82, 2.24) is 5.32 Å². The van der Waals surface area contributed by atoms with Gasteiger partial charge < -0.3 is 10.4 Å². The Hall–Kier alpha value is -1.06. The molecule has 4 heteroatoms. The van der Waals surface area contributed by atoms with Gasteiger partial charge in [-0.3, -0.25) is 4.79 Å². The fraction of sp³-hybridized carbons (Fsp3) is 0.611. The van der Waals surface area contributed by atoms with Gasteiger partial charge in [-0.2, -0.15) is 0 Å². The number of carbonyl (C=O) groups is 1. The molecule has 0 saturated heterocycles. The van der Waals surface area contributed by atoms with Crippen LogP contribution in [0.5, 0.6) is 0 Å². The van der Waals surface area contributed by atoms with Gasteiger partial charge in [0.25, 0.3) is 0 Å². The predicted molar refractivity (Wildman–Crippen MR) is 92.3 cm³/mol. The number of nitrogens with one attached hydrogen (secondary N) is 1. The summed E-state index contributed by atoms with van der Waals surface area (Å²) in [5.74, 6) is 0.566. The average molecular weight is 326 g/mol. The van der Waals surface area contributed by atoms with Gasteiger partial charge in [0, 0.05) is 13.1 Å². The van der Waals surface area contributed by atoms with Crippen LogP contribution in [0.25, 0.3) is 0 Å². The van der Waals surface area contributed by atoms with Gasteiger partial charge >= 0.3 is 5.97 Å². The third-order valence-electron chi connectivity index (χ3n) is 4.57. The first kappa shape index (κ1) is 19.0. The summed E-state index contributed by atoms with van der Waals surface area (Å²) in [6, 6.07) is 10.3. The first-order valence-electron chi connectivity index (χ1n) is 7.95. The molecule has 3 nitrogen and oxygen atoms in total. The molecule has 124 valence electrons. The van der Waals surface area contributed by atoms with Gasteiger partial charge in [0.05, 0.1) is 6.42 Å². The van der Waals surface area contributed by atoms with Crippen LogP contribution in [-0.2, 0) is 11.3 Å². The van der Waals surface area contributed by atoms with Crippen LogP contribution >= 0.6 is 12.4 Å². The summed E-state index contributed by atoms with van der Waals surface area (Å²) in [5, 5.41) is 12.8. The van der Waals surface area contributed by atoms with Crippen LogP contribution in [0.15, 0.2) is 30.3 Å². The highest BCUT2D eigenvalue weighted by atomic mass is 35.5. The Kier molecular flexibility index (Phi) is 7.37. The number of rotatable bonds is 6. The van der Waals surface area contributed by atoms with Crippen molar-refractivity contribution in [3.05, 3.63) is 35.9 Å². The topological polar surface area (TPSA) is 49.3 Å². The number of hydrogen-bond donors (Lipinski definition) is 2. The molecule has 0 bridgehead atoms. The van der Waals surface area contributed by atoms with Gasteiger partial charge in [-0.15, -0.1) is 12.4 Å². The normalized spacial score (nSPS) is 27.9. The number of hydrogen-bond acceptors (Lipinski definition) is 2. The van der Waals surface area contributed by atoms with Gasteiger partial charge in [-0.25, -0.2) is 0 Å². The monoisotopic (exact) mass is 325 g/mol. The van der Waals surface area contributed by atoms with E-state index in [1.54, 1.807) is 0 Å². The summed E-state index contributed by atoms with van der Waals surface area (Å²) < 4.78 is 0. The molecular weight excluding hydrogens is 298 g/mol. The van der Waals surface area contributed by atoms with E-state index in [1.165, 1.54) is 12.0 Å². The van der Waals surface area contributed by atoms with Crippen LogP contribution in [0, 0.1) is 17.3 Å². The molecule has 3 atom stereocenters. The Morgan fingerprint density at radius 3 is 2.36 bits per heavy atom. The maximum absolute atomic E-state index is 11.3. The van der Waals surface area contributed by atoms with E-state index in [1.807, 2.05) is 18.2 Å². The molecule has 1 aliphatic carbocycles. The fourth-order valence-corrected chi connectivity index (χ4v) is 4.16. The molecule has 0 spiro atoms. The summed E-state index contributed by atoms with van der Waals surface area (Å²) in [6.07, 6.45) is 3.54. The molecule has 0 aromatic heterocycles. The van der Waals surface area contributed by atoms with E-state index in [9.17, 15) is 9.90 Å². The van der Waals surface area contributed by atoms with E-state index in [-0.39, 0.29) is 24.2 Å². The zero-order valence-electron chi connectivity index (χ0n) is 13.5. The van der Waals surface area contributed by atoms with Crippen LogP contribution in [0.4, 0.5) is 0 Å². The first-order chi connectivity index (χ1) is 9.99. The van der Waals surface area contributed by atoms with Crippen molar-refractivity contribution in [2.24, 2.45) is 17.3 Å². The molecule has 1 aromatic rings. The predicted octanol–water partition coefficient (Wildman–Crippen LogP) is 4.12. The largest absolute Gasteiger partial charge is 0.481 e. The van der Waals surface area contributed by atoms with E-state index in [0.717, 1.165) is 25.9 Å². The molecule has 2 rings (SSSR count). The molecule has 0 radical (unpaired) electrons. The lowest BCUT2D eigenvalue weighted by atomic mass is 9.64. The van der Waals surface area contributed by atoms with E-state index >= 15 is 0 Å². The number of aliphatic carboxylic acids is 1. The minimum atomic E-state index is -0.669. The zero-order chi connectivity index (χ0) is 15.3. The van der Waals surface area contributed by atoms with Gasteiger partial charge in [0.1, 0.15) is 0 Å². The third-order valence-corrected chi connectivity index (χ3v) is 4.57. The molecule has 22 heavy (non-hydrogen) atoms. The van der Waals surface area contributed by atoms with E-state index in [4.69, 9.17) is 0 Å². The number of halogens is 1. The molecule has 1 aliphatic rings. The Balaban J connectivity index is 0.00000242. The van der Waals surface area contributed by atoms with Crippen molar-refractivity contribution in [2.75, 3.05) is 6.54 Å². The highest BCUT2D eigenvalue weighted by Crippen LogP contribution is 2.44. The highest BCUT2D eigenvalue weighted by molar-refractivity contribution is 5.85. The van der Waals surface area contributed by atoms with Gasteiger partial charge in [-0.05, 0) is 42.1 Å². The van der Waals surface area contributed by atoms with Crippen molar-refractivity contribution in [1.29, 1.82) is 0 Å². The number of carboxylic acids is 1. The second kappa shape index (κ2) is 8.54. The van der Waals surface area contributed by atoms with E-state index in [2.05, 4.69) is 31.3 Å². The van der Waals surface area contributed by atoms with Gasteiger partial charge in [-0.1, -0.05) is 44.2 Å². The maximum Gasteiger partial charge on any atom is 0.303 e.